The van der Waals surface area contributed by atoms with Gasteiger partial charge in [0.15, 0.2) is 11.5 Å². The number of nitrogens with one attached hydrogen (secondary N) is 1. The molecule has 0 fully saturated rings. The smallest absolute Gasteiger partial charge is 0.200 e. The minimum absolute atomic E-state index is 0.258. The zero-order valence-corrected chi connectivity index (χ0v) is 11.8. The number of hydrogen-bond donors (Lipinski definition) is 4. The van der Waals surface area contributed by atoms with Crippen molar-refractivity contribution in [3.63, 3.8) is 0 Å². The van der Waals surface area contributed by atoms with E-state index in [0.29, 0.717) is 18.2 Å². The summed E-state index contributed by atoms with van der Waals surface area (Å²) in [6.45, 7) is 6.62. The molecule has 0 aliphatic heterocycles. The summed E-state index contributed by atoms with van der Waals surface area (Å²) in [4.78, 5) is 2.27. The lowest BCUT2D eigenvalue weighted by molar-refractivity contribution is 0.269. The van der Waals surface area contributed by atoms with E-state index in [4.69, 9.17) is 0 Å². The van der Waals surface area contributed by atoms with Crippen LogP contribution >= 0.6 is 0 Å². The van der Waals surface area contributed by atoms with E-state index in [1.165, 1.54) is 6.07 Å². The van der Waals surface area contributed by atoms with Crippen molar-refractivity contribution in [2.75, 3.05) is 20.1 Å². The van der Waals surface area contributed by atoms with Gasteiger partial charge in [-0.25, -0.2) is 0 Å². The second-order valence-electron chi connectivity index (χ2n) is 5.05. The molecule has 4 N–H and O–H groups in total. The normalized spacial score (nSPS) is 11.4. The lowest BCUT2D eigenvalue weighted by atomic mass is 10.1. The summed E-state index contributed by atoms with van der Waals surface area (Å²) >= 11 is 0. The molecule has 0 amide bonds. The molecule has 108 valence electrons. The van der Waals surface area contributed by atoms with Gasteiger partial charge < -0.3 is 25.5 Å². The highest BCUT2D eigenvalue weighted by Crippen LogP contribution is 2.36. The van der Waals surface area contributed by atoms with E-state index in [2.05, 4.69) is 31.1 Å². The monoisotopic (exact) mass is 268 g/mol. The molecule has 0 aliphatic rings. The molecule has 0 bridgehead atoms. The number of phenols is 3. The van der Waals surface area contributed by atoms with E-state index in [0.717, 1.165) is 19.5 Å². The number of rotatable bonds is 7. The summed E-state index contributed by atoms with van der Waals surface area (Å²) in [6, 6.07) is 3.51. The van der Waals surface area contributed by atoms with Gasteiger partial charge >= 0.3 is 0 Å². The van der Waals surface area contributed by atoms with Gasteiger partial charge in [0.1, 0.15) is 0 Å². The second-order valence-corrected chi connectivity index (χ2v) is 5.05. The topological polar surface area (TPSA) is 76.0 Å². The Hall–Kier alpha value is -1.46. The predicted molar refractivity (Wildman–Crippen MR) is 75.5 cm³/mol. The highest BCUT2D eigenvalue weighted by Gasteiger charge is 2.10. The van der Waals surface area contributed by atoms with Crippen LogP contribution in [0.5, 0.6) is 17.2 Å². The van der Waals surface area contributed by atoms with Crippen molar-refractivity contribution in [1.29, 1.82) is 0 Å². The zero-order chi connectivity index (χ0) is 14.4. The third-order valence-corrected chi connectivity index (χ3v) is 3.27. The number of aromatic hydroxyl groups is 3. The maximum atomic E-state index is 9.64. The van der Waals surface area contributed by atoms with Gasteiger partial charge in [-0.05, 0) is 46.5 Å². The van der Waals surface area contributed by atoms with Crippen LogP contribution in [0.25, 0.3) is 0 Å². The van der Waals surface area contributed by atoms with Crippen LogP contribution in [0.1, 0.15) is 25.8 Å². The summed E-state index contributed by atoms with van der Waals surface area (Å²) in [7, 11) is 2.09. The highest BCUT2D eigenvalue weighted by atomic mass is 16.3. The van der Waals surface area contributed by atoms with E-state index in [9.17, 15) is 15.3 Å². The first-order chi connectivity index (χ1) is 8.93. The van der Waals surface area contributed by atoms with E-state index in [1.54, 1.807) is 6.07 Å². The molecule has 0 aliphatic carbocycles. The van der Waals surface area contributed by atoms with Crippen molar-refractivity contribution in [3.8, 4) is 17.2 Å². The van der Waals surface area contributed by atoms with Crippen LogP contribution in [0.2, 0.25) is 0 Å². The van der Waals surface area contributed by atoms with Crippen LogP contribution in [0.4, 0.5) is 0 Å². The van der Waals surface area contributed by atoms with E-state index < -0.39 is 5.75 Å². The third-order valence-electron chi connectivity index (χ3n) is 3.27. The largest absolute Gasteiger partial charge is 0.504 e. The van der Waals surface area contributed by atoms with Crippen LogP contribution in [-0.2, 0) is 6.54 Å². The fraction of sp³-hybridized carbons (Fsp3) is 0.571. The van der Waals surface area contributed by atoms with E-state index >= 15 is 0 Å². The predicted octanol–water partition coefficient (Wildman–Crippen LogP) is 1.62. The van der Waals surface area contributed by atoms with Gasteiger partial charge in [-0.15, -0.1) is 0 Å². The van der Waals surface area contributed by atoms with Crippen LogP contribution in [-0.4, -0.2) is 46.4 Å². The molecule has 1 aromatic carbocycles. The number of phenolic OH excluding ortho intramolecular Hbond substituents is 3. The standard InChI is InChI=1S/C14H24N2O3/c1-10(2)16(3)8-4-7-15-9-11-5-6-12(17)14(19)13(11)18/h5-6,10,15,17-19H,4,7-9H2,1-3H3. The maximum Gasteiger partial charge on any atom is 0.200 e. The Morgan fingerprint density at radius 2 is 1.84 bits per heavy atom. The van der Waals surface area contributed by atoms with Gasteiger partial charge in [0.05, 0.1) is 0 Å². The van der Waals surface area contributed by atoms with E-state index in [-0.39, 0.29) is 11.5 Å². The summed E-state index contributed by atoms with van der Waals surface area (Å²) < 4.78 is 0. The van der Waals surface area contributed by atoms with Crippen molar-refractivity contribution in [2.24, 2.45) is 0 Å². The Labute approximate surface area is 114 Å². The molecule has 5 heteroatoms. The molecule has 0 heterocycles. The van der Waals surface area contributed by atoms with Crippen LogP contribution in [0.3, 0.4) is 0 Å². The first-order valence-corrected chi connectivity index (χ1v) is 6.57. The molecule has 0 saturated carbocycles. The molecule has 0 aromatic heterocycles. The Morgan fingerprint density at radius 3 is 2.47 bits per heavy atom. The van der Waals surface area contributed by atoms with Gasteiger partial charge in [0.25, 0.3) is 0 Å². The van der Waals surface area contributed by atoms with E-state index in [1.807, 2.05) is 0 Å². The highest BCUT2D eigenvalue weighted by molar-refractivity contribution is 5.52. The molecule has 19 heavy (non-hydrogen) atoms. The Bertz CT molecular complexity index is 408. The maximum absolute atomic E-state index is 9.64. The Kier molecular flexibility index (Phi) is 5.92. The molecule has 0 unspecified atom stereocenters. The molecular formula is C14H24N2O3. The van der Waals surface area contributed by atoms with Gasteiger partial charge in [-0.1, -0.05) is 6.07 Å². The van der Waals surface area contributed by atoms with Crippen LogP contribution < -0.4 is 5.32 Å². The van der Waals surface area contributed by atoms with Gasteiger partial charge in [-0.3, -0.25) is 0 Å². The summed E-state index contributed by atoms with van der Waals surface area (Å²) in [5.41, 5.74) is 0.576. The first kappa shape index (κ1) is 15.6. The average Bonchev–Trinajstić information content (AvgIpc) is 2.37. The number of benzene rings is 1. The lowest BCUT2D eigenvalue weighted by Gasteiger charge is -2.20. The van der Waals surface area contributed by atoms with Crippen LogP contribution in [0.15, 0.2) is 12.1 Å². The van der Waals surface area contributed by atoms with Crippen molar-refractivity contribution >= 4 is 0 Å². The summed E-state index contributed by atoms with van der Waals surface area (Å²) in [5.74, 6) is -1.02. The quantitative estimate of drug-likeness (QED) is 0.446. The van der Waals surface area contributed by atoms with Gasteiger partial charge in [0.2, 0.25) is 5.75 Å². The van der Waals surface area contributed by atoms with Crippen LogP contribution in [0, 0.1) is 0 Å². The summed E-state index contributed by atoms with van der Waals surface area (Å²) in [5, 5.41) is 31.4. The second kappa shape index (κ2) is 7.21. The Balaban J connectivity index is 2.32. The fourth-order valence-electron chi connectivity index (χ4n) is 1.69. The van der Waals surface area contributed by atoms with Crippen molar-refractivity contribution < 1.29 is 15.3 Å². The summed E-state index contributed by atoms with van der Waals surface area (Å²) in [6.07, 6.45) is 1.01. The zero-order valence-electron chi connectivity index (χ0n) is 11.8. The third kappa shape index (κ3) is 4.61. The molecule has 0 radical (unpaired) electrons. The first-order valence-electron chi connectivity index (χ1n) is 6.57. The molecule has 0 atom stereocenters. The molecule has 0 saturated heterocycles. The lowest BCUT2D eigenvalue weighted by Crippen LogP contribution is -2.29. The minimum Gasteiger partial charge on any atom is -0.504 e. The molecule has 1 aromatic rings. The molecular weight excluding hydrogens is 244 g/mol. The molecule has 5 nitrogen and oxygen atoms in total. The average molecular weight is 268 g/mol. The SMILES string of the molecule is CC(C)N(C)CCCNCc1ccc(O)c(O)c1O. The molecule has 1 rings (SSSR count). The molecule has 0 spiro atoms. The number of nitrogens with zero attached hydrogens (tertiary/aromatic N) is 1. The van der Waals surface area contributed by atoms with Gasteiger partial charge in [0, 0.05) is 18.2 Å². The van der Waals surface area contributed by atoms with Gasteiger partial charge in [-0.2, -0.15) is 0 Å². The fourth-order valence-corrected chi connectivity index (χ4v) is 1.69. The van der Waals surface area contributed by atoms with Crippen molar-refractivity contribution in [2.45, 2.75) is 32.9 Å². The Morgan fingerprint density at radius 1 is 1.16 bits per heavy atom. The number of hydrogen-bond acceptors (Lipinski definition) is 5. The van der Waals surface area contributed by atoms with Crippen molar-refractivity contribution in [1.82, 2.24) is 10.2 Å². The van der Waals surface area contributed by atoms with Crippen molar-refractivity contribution in [3.05, 3.63) is 17.7 Å². The minimum atomic E-state index is -0.459.